The zero-order valence-electron chi connectivity index (χ0n) is 7.30. The van der Waals surface area contributed by atoms with Gasteiger partial charge in [0, 0.05) is 0 Å². The van der Waals surface area contributed by atoms with Crippen molar-refractivity contribution in [2.75, 3.05) is 18.9 Å². The van der Waals surface area contributed by atoms with Gasteiger partial charge in [-0.25, -0.2) is 4.63 Å². The summed E-state index contributed by atoms with van der Waals surface area (Å²) in [6.07, 6.45) is 0. The summed E-state index contributed by atoms with van der Waals surface area (Å²) in [7, 11) is 0. The van der Waals surface area contributed by atoms with Crippen molar-refractivity contribution in [1.82, 2.24) is 10.3 Å². The zero-order valence-corrected chi connectivity index (χ0v) is 7.30. The molecule has 2 aromatic rings. The van der Waals surface area contributed by atoms with Crippen molar-refractivity contribution in [3.63, 3.8) is 0 Å². The SMILES string of the molecule is Nc1ccc(OCCO)c2nonc12. The molecule has 0 saturated heterocycles. The highest BCUT2D eigenvalue weighted by Gasteiger charge is 2.10. The average Bonchev–Trinajstić information content (AvgIpc) is 2.66. The molecule has 1 aromatic carbocycles. The smallest absolute Gasteiger partial charge is 0.179 e. The number of rotatable bonds is 3. The number of nitrogens with two attached hydrogens (primary N) is 1. The quantitative estimate of drug-likeness (QED) is 0.678. The van der Waals surface area contributed by atoms with Gasteiger partial charge < -0.3 is 15.6 Å². The van der Waals surface area contributed by atoms with Gasteiger partial charge in [-0.1, -0.05) is 0 Å². The lowest BCUT2D eigenvalue weighted by Crippen LogP contribution is -2.02. The molecule has 74 valence electrons. The van der Waals surface area contributed by atoms with Crippen LogP contribution in [0.3, 0.4) is 0 Å². The monoisotopic (exact) mass is 195 g/mol. The molecule has 3 N–H and O–H groups in total. The Morgan fingerprint density at radius 1 is 1.36 bits per heavy atom. The Kier molecular flexibility index (Phi) is 2.19. The third-order valence-corrected chi connectivity index (χ3v) is 1.76. The second kappa shape index (κ2) is 3.51. The zero-order chi connectivity index (χ0) is 9.97. The predicted molar refractivity (Wildman–Crippen MR) is 48.8 cm³/mol. The summed E-state index contributed by atoms with van der Waals surface area (Å²) in [6, 6.07) is 3.32. The first-order valence-electron chi connectivity index (χ1n) is 4.07. The molecule has 0 fully saturated rings. The molecular weight excluding hydrogens is 186 g/mol. The second-order valence-corrected chi connectivity index (χ2v) is 2.69. The van der Waals surface area contributed by atoms with Crippen LogP contribution in [0.2, 0.25) is 0 Å². The van der Waals surface area contributed by atoms with Gasteiger partial charge in [0.15, 0.2) is 16.8 Å². The third kappa shape index (κ3) is 1.35. The maximum atomic E-state index is 8.60. The van der Waals surface area contributed by atoms with Crippen molar-refractivity contribution < 1.29 is 14.5 Å². The summed E-state index contributed by atoms with van der Waals surface area (Å²) < 4.78 is 9.76. The van der Waals surface area contributed by atoms with Gasteiger partial charge in [0.2, 0.25) is 0 Å². The van der Waals surface area contributed by atoms with E-state index in [0.717, 1.165) is 0 Å². The first kappa shape index (κ1) is 8.76. The van der Waals surface area contributed by atoms with Crippen LogP contribution in [-0.4, -0.2) is 28.6 Å². The summed E-state index contributed by atoms with van der Waals surface area (Å²) in [6.45, 7) is 0.142. The highest BCUT2D eigenvalue weighted by molar-refractivity contribution is 5.90. The van der Waals surface area contributed by atoms with Crippen molar-refractivity contribution in [2.45, 2.75) is 0 Å². The van der Waals surface area contributed by atoms with Crippen LogP contribution in [0.1, 0.15) is 0 Å². The van der Waals surface area contributed by atoms with E-state index in [2.05, 4.69) is 14.9 Å². The summed E-state index contributed by atoms with van der Waals surface area (Å²) in [4.78, 5) is 0. The van der Waals surface area contributed by atoms with Gasteiger partial charge in [-0.05, 0) is 22.4 Å². The molecule has 0 aliphatic rings. The molecule has 1 aromatic heterocycles. The lowest BCUT2D eigenvalue weighted by atomic mass is 10.2. The van der Waals surface area contributed by atoms with Gasteiger partial charge in [-0.15, -0.1) is 0 Å². The minimum absolute atomic E-state index is 0.0584. The van der Waals surface area contributed by atoms with E-state index < -0.39 is 0 Å². The molecule has 0 spiro atoms. The number of anilines is 1. The van der Waals surface area contributed by atoms with Gasteiger partial charge in [0.25, 0.3) is 0 Å². The Morgan fingerprint density at radius 3 is 2.93 bits per heavy atom. The lowest BCUT2D eigenvalue weighted by molar-refractivity contribution is 0.202. The van der Waals surface area contributed by atoms with Gasteiger partial charge in [0.1, 0.15) is 6.61 Å². The van der Waals surface area contributed by atoms with Crippen molar-refractivity contribution in [1.29, 1.82) is 0 Å². The molecule has 6 heteroatoms. The molecule has 0 atom stereocenters. The maximum absolute atomic E-state index is 8.60. The first-order valence-corrected chi connectivity index (χ1v) is 4.07. The fourth-order valence-corrected chi connectivity index (χ4v) is 1.14. The third-order valence-electron chi connectivity index (χ3n) is 1.76. The van der Waals surface area contributed by atoms with Gasteiger partial charge in [-0.3, -0.25) is 0 Å². The molecule has 14 heavy (non-hydrogen) atoms. The standard InChI is InChI=1S/C8H9N3O3/c9-5-1-2-6(13-4-3-12)8-7(5)10-14-11-8/h1-2,12H,3-4,9H2. The van der Waals surface area contributed by atoms with E-state index in [0.29, 0.717) is 22.5 Å². The molecular formula is C8H9N3O3. The van der Waals surface area contributed by atoms with Crippen LogP contribution in [0.5, 0.6) is 5.75 Å². The van der Waals surface area contributed by atoms with E-state index in [9.17, 15) is 0 Å². The van der Waals surface area contributed by atoms with Crippen LogP contribution in [0.25, 0.3) is 11.0 Å². The number of aliphatic hydroxyl groups excluding tert-OH is 1. The molecule has 1 heterocycles. The topological polar surface area (TPSA) is 94.4 Å². The maximum Gasteiger partial charge on any atom is 0.179 e. The second-order valence-electron chi connectivity index (χ2n) is 2.69. The van der Waals surface area contributed by atoms with E-state index in [1.807, 2.05) is 0 Å². The Morgan fingerprint density at radius 2 is 2.14 bits per heavy atom. The van der Waals surface area contributed by atoms with Crippen LogP contribution in [-0.2, 0) is 0 Å². The van der Waals surface area contributed by atoms with E-state index >= 15 is 0 Å². The van der Waals surface area contributed by atoms with E-state index in [1.54, 1.807) is 12.1 Å². The lowest BCUT2D eigenvalue weighted by Gasteiger charge is -2.03. The fraction of sp³-hybridized carbons (Fsp3) is 0.250. The molecule has 0 amide bonds. The van der Waals surface area contributed by atoms with Crippen LogP contribution in [0, 0.1) is 0 Å². The van der Waals surface area contributed by atoms with E-state index in [4.69, 9.17) is 15.6 Å². The number of aliphatic hydroxyl groups is 1. The summed E-state index contributed by atoms with van der Waals surface area (Å²) >= 11 is 0. The molecule has 0 saturated carbocycles. The first-order chi connectivity index (χ1) is 6.83. The van der Waals surface area contributed by atoms with Crippen LogP contribution >= 0.6 is 0 Å². The van der Waals surface area contributed by atoms with Crippen molar-refractivity contribution >= 4 is 16.7 Å². The minimum Gasteiger partial charge on any atom is -0.489 e. The van der Waals surface area contributed by atoms with Crippen molar-refractivity contribution in [3.05, 3.63) is 12.1 Å². The summed E-state index contributed by atoms with van der Waals surface area (Å²) in [5.74, 6) is 0.504. The van der Waals surface area contributed by atoms with Gasteiger partial charge >= 0.3 is 0 Å². The van der Waals surface area contributed by atoms with E-state index in [1.165, 1.54) is 0 Å². The highest BCUT2D eigenvalue weighted by atomic mass is 16.6. The number of benzene rings is 1. The normalized spacial score (nSPS) is 10.6. The Balaban J connectivity index is 2.45. The number of nitrogen functional groups attached to an aromatic ring is 1. The fourth-order valence-electron chi connectivity index (χ4n) is 1.14. The predicted octanol–water partition coefficient (Wildman–Crippen LogP) is 0.176. The van der Waals surface area contributed by atoms with Crippen molar-refractivity contribution in [3.8, 4) is 5.75 Å². The van der Waals surface area contributed by atoms with Crippen LogP contribution in [0.4, 0.5) is 5.69 Å². The number of hydrogen-bond acceptors (Lipinski definition) is 6. The van der Waals surface area contributed by atoms with Crippen LogP contribution < -0.4 is 10.5 Å². The number of fused-ring (bicyclic) bond motifs is 1. The molecule has 0 radical (unpaired) electrons. The Bertz CT molecular complexity index is 440. The molecule has 0 unspecified atom stereocenters. The summed E-state index contributed by atoms with van der Waals surface area (Å²) in [5.41, 5.74) is 7.06. The Hall–Kier alpha value is -1.82. The number of aromatic nitrogens is 2. The molecule has 0 aliphatic carbocycles. The van der Waals surface area contributed by atoms with Gasteiger partial charge in [-0.2, -0.15) is 0 Å². The molecule has 2 rings (SSSR count). The Labute approximate surface area is 79.2 Å². The van der Waals surface area contributed by atoms with Gasteiger partial charge in [0.05, 0.1) is 12.3 Å². The molecule has 0 bridgehead atoms. The number of ether oxygens (including phenoxy) is 1. The summed E-state index contributed by atoms with van der Waals surface area (Å²) in [5, 5.41) is 15.9. The van der Waals surface area contributed by atoms with Crippen molar-refractivity contribution in [2.24, 2.45) is 0 Å². The number of hydrogen-bond donors (Lipinski definition) is 2. The molecule has 6 nitrogen and oxygen atoms in total. The van der Waals surface area contributed by atoms with Crippen LogP contribution in [0.15, 0.2) is 16.8 Å². The minimum atomic E-state index is -0.0584. The highest BCUT2D eigenvalue weighted by Crippen LogP contribution is 2.26. The number of nitrogens with zero attached hydrogens (tertiary/aromatic N) is 2. The molecule has 0 aliphatic heterocycles. The largest absolute Gasteiger partial charge is 0.489 e. The van der Waals surface area contributed by atoms with E-state index in [-0.39, 0.29) is 13.2 Å². The average molecular weight is 195 g/mol.